The van der Waals surface area contributed by atoms with Gasteiger partial charge in [-0.15, -0.1) is 0 Å². The van der Waals surface area contributed by atoms with E-state index in [1.54, 1.807) is 13.1 Å². The van der Waals surface area contributed by atoms with Gasteiger partial charge in [0.15, 0.2) is 0 Å². The lowest BCUT2D eigenvalue weighted by atomic mass is 9.99. The average Bonchev–Trinajstić information content (AvgIpc) is 3.00. The Kier molecular flexibility index (Phi) is 7.90. The third-order valence-electron chi connectivity index (χ3n) is 5.18. The van der Waals surface area contributed by atoms with Crippen molar-refractivity contribution in [2.75, 3.05) is 6.61 Å². The molecular formula is C24H28N2O5S. The normalized spacial score (nSPS) is 18.8. The number of carbonyl (C=O) groups is 3. The number of aromatic nitrogens is 1. The van der Waals surface area contributed by atoms with E-state index >= 15 is 0 Å². The molecule has 0 saturated carbocycles. The van der Waals surface area contributed by atoms with Crippen LogP contribution in [0.25, 0.3) is 0 Å². The van der Waals surface area contributed by atoms with Crippen LogP contribution in [0.1, 0.15) is 56.5 Å². The number of hydrogen-bond acceptors (Lipinski definition) is 7. The molecule has 1 fully saturated rings. The van der Waals surface area contributed by atoms with Gasteiger partial charge in [-0.2, -0.15) is 0 Å². The van der Waals surface area contributed by atoms with Crippen LogP contribution >= 0.6 is 11.8 Å². The first-order valence-corrected chi connectivity index (χ1v) is 11.5. The van der Waals surface area contributed by atoms with E-state index < -0.39 is 4.75 Å². The van der Waals surface area contributed by atoms with E-state index in [1.807, 2.05) is 50.2 Å². The number of benzene rings is 1. The molecule has 1 aromatic heterocycles. The van der Waals surface area contributed by atoms with Crippen molar-refractivity contribution >= 4 is 28.9 Å². The summed E-state index contributed by atoms with van der Waals surface area (Å²) >= 11 is 1.03. The minimum absolute atomic E-state index is 0.198. The van der Waals surface area contributed by atoms with Crippen LogP contribution in [-0.4, -0.2) is 33.5 Å². The zero-order chi connectivity index (χ0) is 23.1. The molecule has 0 spiro atoms. The summed E-state index contributed by atoms with van der Waals surface area (Å²) in [5, 5.41) is 2.04. The van der Waals surface area contributed by atoms with E-state index in [0.29, 0.717) is 25.9 Å². The smallest absolute Gasteiger partial charge is 0.306 e. The van der Waals surface area contributed by atoms with Crippen molar-refractivity contribution in [3.8, 4) is 5.75 Å². The van der Waals surface area contributed by atoms with Crippen LogP contribution in [0, 0.1) is 0 Å². The largest absolute Gasteiger partial charge is 0.493 e. The van der Waals surface area contributed by atoms with Gasteiger partial charge in [-0.25, -0.2) is 0 Å². The van der Waals surface area contributed by atoms with Crippen molar-refractivity contribution in [1.29, 1.82) is 0 Å². The van der Waals surface area contributed by atoms with Crippen LogP contribution in [0.5, 0.6) is 5.75 Å². The van der Waals surface area contributed by atoms with Crippen molar-refractivity contribution in [2.24, 2.45) is 0 Å². The van der Waals surface area contributed by atoms with Crippen molar-refractivity contribution in [3.63, 3.8) is 0 Å². The summed E-state index contributed by atoms with van der Waals surface area (Å²) in [4.78, 5) is 39.5. The Morgan fingerprint density at radius 3 is 2.53 bits per heavy atom. The topological polar surface area (TPSA) is 94.6 Å². The summed E-state index contributed by atoms with van der Waals surface area (Å²) in [5.41, 5.74) is 2.71. The van der Waals surface area contributed by atoms with Crippen LogP contribution in [0.3, 0.4) is 0 Å². The molecule has 1 aliphatic heterocycles. The molecule has 2 amide bonds. The number of nitrogens with one attached hydrogen (secondary N) is 1. The second-order valence-corrected chi connectivity index (χ2v) is 9.43. The van der Waals surface area contributed by atoms with Gasteiger partial charge in [0.25, 0.3) is 5.24 Å². The molecular weight excluding hydrogens is 428 g/mol. The second kappa shape index (κ2) is 10.6. The van der Waals surface area contributed by atoms with Gasteiger partial charge in [0.1, 0.15) is 16.6 Å². The highest BCUT2D eigenvalue weighted by molar-refractivity contribution is 8.16. The predicted octanol–water partition coefficient (Wildman–Crippen LogP) is 4.39. The van der Waals surface area contributed by atoms with Gasteiger partial charge < -0.3 is 9.47 Å². The van der Waals surface area contributed by atoms with E-state index in [2.05, 4.69) is 10.3 Å². The summed E-state index contributed by atoms with van der Waals surface area (Å²) in [6, 6.07) is 11.4. The van der Waals surface area contributed by atoms with Crippen molar-refractivity contribution in [2.45, 2.75) is 57.3 Å². The van der Waals surface area contributed by atoms with E-state index in [4.69, 9.17) is 9.47 Å². The predicted molar refractivity (Wildman–Crippen MR) is 123 cm³/mol. The summed E-state index contributed by atoms with van der Waals surface area (Å²) in [6.45, 7) is 6.03. The Labute approximate surface area is 192 Å². The highest BCUT2D eigenvalue weighted by Gasteiger charge is 2.43. The maximum Gasteiger partial charge on any atom is 0.306 e. The molecule has 1 saturated heterocycles. The maximum atomic E-state index is 12.0. The lowest BCUT2D eigenvalue weighted by Crippen LogP contribution is -2.35. The lowest BCUT2D eigenvalue weighted by molar-refractivity contribution is -0.148. The lowest BCUT2D eigenvalue weighted by Gasteiger charge is -2.18. The third kappa shape index (κ3) is 6.32. The third-order valence-corrected chi connectivity index (χ3v) is 6.25. The average molecular weight is 457 g/mol. The number of imide groups is 1. The molecule has 1 aromatic carbocycles. The Balaban J connectivity index is 1.46. The first kappa shape index (κ1) is 23.8. The first-order valence-electron chi connectivity index (χ1n) is 10.7. The fourth-order valence-corrected chi connectivity index (χ4v) is 4.27. The Bertz CT molecular complexity index is 961. The van der Waals surface area contributed by atoms with Crippen LogP contribution in [-0.2, 0) is 27.2 Å². The summed E-state index contributed by atoms with van der Waals surface area (Å²) < 4.78 is 10.4. The SMILES string of the molecule is CCCC(=O)O[C@@H](C)c1ccc(CCOc2ccc(CC3(C)SC(=O)NC3=O)cc2)nc1. The number of thioether (sulfide) groups is 1. The Morgan fingerprint density at radius 1 is 1.19 bits per heavy atom. The van der Waals surface area contributed by atoms with Gasteiger partial charge in [0.05, 0.1) is 6.61 Å². The standard InChI is InChI=1S/C24H28N2O5S/c1-4-5-21(27)31-16(2)18-8-9-19(25-15-18)12-13-30-20-10-6-17(7-11-20)14-24(3)22(28)26-23(29)32-24/h6-11,15-16H,4-5,12-14H2,1-3H3,(H,26,28,29)/t16-,24?/m0/s1. The van der Waals surface area contributed by atoms with Crippen molar-refractivity contribution in [3.05, 3.63) is 59.4 Å². The molecule has 0 bridgehead atoms. The molecule has 2 atom stereocenters. The molecule has 1 N–H and O–H groups in total. The van der Waals surface area contributed by atoms with Crippen LogP contribution in [0.15, 0.2) is 42.6 Å². The van der Waals surface area contributed by atoms with Crippen molar-refractivity contribution < 1.29 is 23.9 Å². The minimum Gasteiger partial charge on any atom is -0.493 e. The molecule has 3 rings (SSSR count). The molecule has 32 heavy (non-hydrogen) atoms. The van der Waals surface area contributed by atoms with Crippen LogP contribution in [0.4, 0.5) is 4.79 Å². The number of pyridine rings is 1. The molecule has 1 aliphatic rings. The number of ether oxygens (including phenoxy) is 2. The summed E-state index contributed by atoms with van der Waals surface area (Å²) in [7, 11) is 0. The summed E-state index contributed by atoms with van der Waals surface area (Å²) in [6.07, 6.45) is 3.71. The Morgan fingerprint density at radius 2 is 1.94 bits per heavy atom. The number of rotatable bonds is 10. The molecule has 0 aliphatic carbocycles. The van der Waals surface area contributed by atoms with E-state index in [9.17, 15) is 14.4 Å². The van der Waals surface area contributed by atoms with Crippen LogP contribution in [0.2, 0.25) is 0 Å². The van der Waals surface area contributed by atoms with Gasteiger partial charge >= 0.3 is 5.97 Å². The van der Waals surface area contributed by atoms with E-state index in [1.165, 1.54) is 0 Å². The fraction of sp³-hybridized carbons (Fsp3) is 0.417. The first-order chi connectivity index (χ1) is 15.3. The number of esters is 1. The molecule has 8 heteroatoms. The van der Waals surface area contributed by atoms with Gasteiger partial charge in [-0.05, 0) is 62.2 Å². The zero-order valence-corrected chi connectivity index (χ0v) is 19.4. The quantitative estimate of drug-likeness (QED) is 0.530. The molecule has 2 heterocycles. The van der Waals surface area contributed by atoms with E-state index in [0.717, 1.165) is 40.8 Å². The number of hydrogen-bond donors (Lipinski definition) is 1. The van der Waals surface area contributed by atoms with Gasteiger partial charge in [0.2, 0.25) is 5.91 Å². The summed E-state index contributed by atoms with van der Waals surface area (Å²) in [5.74, 6) is 0.280. The van der Waals surface area contributed by atoms with Gasteiger partial charge in [-0.1, -0.05) is 25.1 Å². The molecule has 1 unspecified atom stereocenters. The number of carbonyl (C=O) groups excluding carboxylic acids is 3. The number of amides is 2. The van der Waals surface area contributed by atoms with Gasteiger partial charge in [0, 0.05) is 30.3 Å². The number of nitrogens with zero attached hydrogens (tertiary/aromatic N) is 1. The molecule has 2 aromatic rings. The maximum absolute atomic E-state index is 12.0. The minimum atomic E-state index is -0.775. The molecule has 7 nitrogen and oxygen atoms in total. The molecule has 170 valence electrons. The fourth-order valence-electron chi connectivity index (χ4n) is 3.34. The zero-order valence-electron chi connectivity index (χ0n) is 18.6. The Hall–Kier alpha value is -2.87. The monoisotopic (exact) mass is 456 g/mol. The van der Waals surface area contributed by atoms with Crippen molar-refractivity contribution in [1.82, 2.24) is 10.3 Å². The molecule has 0 radical (unpaired) electrons. The van der Waals surface area contributed by atoms with Crippen LogP contribution < -0.4 is 10.1 Å². The van der Waals surface area contributed by atoms with E-state index in [-0.39, 0.29) is 23.2 Å². The highest BCUT2D eigenvalue weighted by Crippen LogP contribution is 2.34. The second-order valence-electron chi connectivity index (χ2n) is 7.96. The highest BCUT2D eigenvalue weighted by atomic mass is 32.2. The van der Waals surface area contributed by atoms with Gasteiger partial charge in [-0.3, -0.25) is 24.7 Å².